The molecular formula is C22H22N4O4S. The van der Waals surface area contributed by atoms with Crippen molar-refractivity contribution in [3.8, 4) is 5.69 Å². The first kappa shape index (κ1) is 20.8. The van der Waals surface area contributed by atoms with E-state index in [2.05, 4.69) is 10.4 Å². The largest absolute Gasteiger partial charge is 0.352 e. The van der Waals surface area contributed by atoms with Gasteiger partial charge in [0.15, 0.2) is 0 Å². The third-order valence-corrected chi connectivity index (χ3v) is 7.01. The minimum absolute atomic E-state index is 0.0942. The number of hydrogen-bond acceptors (Lipinski definition) is 5. The number of nitrogens with zero attached hydrogens (tertiary/aromatic N) is 3. The quantitative estimate of drug-likeness (QED) is 0.637. The Balaban J connectivity index is 1.42. The van der Waals surface area contributed by atoms with Gasteiger partial charge in [-0.3, -0.25) is 9.59 Å². The van der Waals surface area contributed by atoms with Crippen molar-refractivity contribution in [1.29, 1.82) is 0 Å². The van der Waals surface area contributed by atoms with Crippen LogP contribution in [0.3, 0.4) is 0 Å². The molecule has 9 heteroatoms. The third kappa shape index (κ3) is 3.84. The highest BCUT2D eigenvalue weighted by Crippen LogP contribution is 2.32. The van der Waals surface area contributed by atoms with Gasteiger partial charge in [-0.25, -0.2) is 17.4 Å². The number of hydrogen-bond donors (Lipinski definition) is 1. The number of para-hydroxylation sites is 1. The third-order valence-electron chi connectivity index (χ3n) is 5.01. The van der Waals surface area contributed by atoms with Gasteiger partial charge >= 0.3 is 0 Å². The Bertz CT molecular complexity index is 1250. The van der Waals surface area contributed by atoms with Crippen LogP contribution in [0.4, 0.5) is 0 Å². The van der Waals surface area contributed by atoms with Gasteiger partial charge in [0.1, 0.15) is 4.90 Å². The zero-order valence-electron chi connectivity index (χ0n) is 17.1. The molecule has 0 aliphatic carbocycles. The summed E-state index contributed by atoms with van der Waals surface area (Å²) in [7, 11) is -3.95. The molecule has 1 N–H and O–H groups in total. The summed E-state index contributed by atoms with van der Waals surface area (Å²) in [5.74, 6) is -0.970. The van der Waals surface area contributed by atoms with Crippen LogP contribution in [-0.2, 0) is 16.4 Å². The second-order valence-corrected chi connectivity index (χ2v) is 9.29. The molecule has 0 saturated heterocycles. The van der Waals surface area contributed by atoms with Crippen molar-refractivity contribution in [2.24, 2.45) is 0 Å². The van der Waals surface area contributed by atoms with Crippen molar-refractivity contribution in [3.63, 3.8) is 0 Å². The number of rotatable bonds is 6. The average molecular weight is 439 g/mol. The van der Waals surface area contributed by atoms with E-state index in [0.717, 1.165) is 15.7 Å². The van der Waals surface area contributed by atoms with Crippen LogP contribution >= 0.6 is 0 Å². The van der Waals surface area contributed by atoms with E-state index in [1.54, 1.807) is 18.5 Å². The first-order chi connectivity index (χ1) is 14.8. The first-order valence-corrected chi connectivity index (χ1v) is 11.3. The molecule has 0 radical (unpaired) electrons. The molecule has 31 heavy (non-hydrogen) atoms. The molecule has 4 rings (SSSR count). The van der Waals surface area contributed by atoms with E-state index in [1.165, 1.54) is 18.2 Å². The van der Waals surface area contributed by atoms with Gasteiger partial charge in [-0.05, 0) is 50.2 Å². The van der Waals surface area contributed by atoms with E-state index in [4.69, 9.17) is 0 Å². The number of carbonyl (C=O) groups is 2. The molecule has 160 valence electrons. The average Bonchev–Trinajstić information content (AvgIpc) is 3.29. The second kappa shape index (κ2) is 7.99. The van der Waals surface area contributed by atoms with Crippen LogP contribution in [0, 0.1) is 0 Å². The molecule has 2 amide bonds. The van der Waals surface area contributed by atoms with Crippen LogP contribution < -0.4 is 5.32 Å². The Hall–Kier alpha value is -3.46. The molecular weight excluding hydrogens is 416 g/mol. The summed E-state index contributed by atoms with van der Waals surface area (Å²) in [6.07, 6.45) is 2.38. The lowest BCUT2D eigenvalue weighted by Gasteiger charge is -2.18. The van der Waals surface area contributed by atoms with Crippen LogP contribution in [0.5, 0.6) is 0 Å². The molecule has 0 saturated carbocycles. The van der Waals surface area contributed by atoms with E-state index in [0.29, 0.717) is 13.0 Å². The summed E-state index contributed by atoms with van der Waals surface area (Å²) in [5.41, 5.74) is 2.05. The molecule has 0 fully saturated rings. The standard InChI is InChI=1S/C22H22N4O4S/c1-15(2)26-22(28)19-9-8-16(14-20(19)31(26,29)30)21(27)23-12-10-17-11-13-25(24-17)18-6-4-3-5-7-18/h3-9,11,13-15H,10,12H2,1-2H3,(H,23,27). The predicted octanol–water partition coefficient (Wildman–Crippen LogP) is 2.40. The summed E-state index contributed by atoms with van der Waals surface area (Å²) in [4.78, 5) is 24.8. The normalized spacial score (nSPS) is 14.7. The SMILES string of the molecule is CC(C)N1C(=O)c2ccc(C(=O)NCCc3ccn(-c4ccccc4)n3)cc2S1(=O)=O. The number of amides is 2. The highest BCUT2D eigenvalue weighted by atomic mass is 32.2. The van der Waals surface area contributed by atoms with Gasteiger partial charge in [0.25, 0.3) is 21.8 Å². The summed E-state index contributed by atoms with van der Waals surface area (Å²) in [5, 5.41) is 7.27. The van der Waals surface area contributed by atoms with E-state index in [-0.39, 0.29) is 16.0 Å². The summed E-state index contributed by atoms with van der Waals surface area (Å²) >= 11 is 0. The Morgan fingerprint density at radius 3 is 2.55 bits per heavy atom. The minimum atomic E-state index is -3.95. The van der Waals surface area contributed by atoms with E-state index in [9.17, 15) is 18.0 Å². The lowest BCUT2D eigenvalue weighted by atomic mass is 10.1. The highest BCUT2D eigenvalue weighted by Gasteiger charge is 2.42. The molecule has 3 aromatic rings. The zero-order valence-corrected chi connectivity index (χ0v) is 18.0. The molecule has 2 aromatic carbocycles. The molecule has 2 heterocycles. The molecule has 1 aliphatic heterocycles. The van der Waals surface area contributed by atoms with Gasteiger partial charge in [-0.15, -0.1) is 0 Å². The van der Waals surface area contributed by atoms with Gasteiger partial charge in [0.2, 0.25) is 0 Å². The fourth-order valence-corrected chi connectivity index (χ4v) is 5.32. The lowest BCUT2D eigenvalue weighted by molar-refractivity contribution is 0.0845. The van der Waals surface area contributed by atoms with Crippen LogP contribution in [0.25, 0.3) is 5.69 Å². The molecule has 1 aliphatic rings. The molecule has 1 aromatic heterocycles. The Morgan fingerprint density at radius 1 is 1.10 bits per heavy atom. The summed E-state index contributed by atoms with van der Waals surface area (Å²) < 4.78 is 28.0. The number of benzene rings is 2. The predicted molar refractivity (Wildman–Crippen MR) is 115 cm³/mol. The van der Waals surface area contributed by atoms with Crippen LogP contribution in [0.2, 0.25) is 0 Å². The van der Waals surface area contributed by atoms with Crippen molar-refractivity contribution in [3.05, 3.63) is 77.6 Å². The zero-order chi connectivity index (χ0) is 22.2. The molecule has 0 atom stereocenters. The first-order valence-electron chi connectivity index (χ1n) is 9.90. The second-order valence-electron chi connectivity index (χ2n) is 7.50. The molecule has 0 unspecified atom stereocenters. The number of nitrogens with one attached hydrogen (secondary N) is 1. The topological polar surface area (TPSA) is 101 Å². The Labute approximate surface area is 180 Å². The van der Waals surface area contributed by atoms with Gasteiger partial charge in [-0.2, -0.15) is 5.10 Å². The Morgan fingerprint density at radius 2 is 1.84 bits per heavy atom. The van der Waals surface area contributed by atoms with Gasteiger partial charge < -0.3 is 5.32 Å². The lowest BCUT2D eigenvalue weighted by Crippen LogP contribution is -2.36. The van der Waals surface area contributed by atoms with E-state index < -0.39 is 27.9 Å². The van der Waals surface area contributed by atoms with Crippen LogP contribution in [0.15, 0.2) is 65.7 Å². The van der Waals surface area contributed by atoms with Crippen LogP contribution in [-0.4, -0.2) is 46.9 Å². The van der Waals surface area contributed by atoms with Crippen molar-refractivity contribution in [1.82, 2.24) is 19.4 Å². The minimum Gasteiger partial charge on any atom is -0.352 e. The van der Waals surface area contributed by atoms with Gasteiger partial charge in [-0.1, -0.05) is 18.2 Å². The van der Waals surface area contributed by atoms with Gasteiger partial charge in [0, 0.05) is 30.8 Å². The maximum Gasteiger partial charge on any atom is 0.269 e. The smallest absolute Gasteiger partial charge is 0.269 e. The highest BCUT2D eigenvalue weighted by molar-refractivity contribution is 7.90. The summed E-state index contributed by atoms with van der Waals surface area (Å²) in [6.45, 7) is 3.60. The maximum absolute atomic E-state index is 12.7. The van der Waals surface area contributed by atoms with Gasteiger partial charge in [0.05, 0.1) is 16.9 Å². The Kier molecular flexibility index (Phi) is 5.36. The summed E-state index contributed by atoms with van der Waals surface area (Å²) in [6, 6.07) is 15.2. The number of sulfonamides is 1. The number of aromatic nitrogens is 2. The van der Waals surface area contributed by atoms with Crippen molar-refractivity contribution in [2.45, 2.75) is 31.2 Å². The van der Waals surface area contributed by atoms with Crippen molar-refractivity contribution < 1.29 is 18.0 Å². The fourth-order valence-electron chi connectivity index (χ4n) is 3.53. The van der Waals surface area contributed by atoms with Crippen LogP contribution in [0.1, 0.15) is 40.3 Å². The van der Waals surface area contributed by atoms with Crippen molar-refractivity contribution in [2.75, 3.05) is 6.54 Å². The maximum atomic E-state index is 12.7. The molecule has 0 spiro atoms. The number of fused-ring (bicyclic) bond motifs is 1. The number of carbonyl (C=O) groups excluding carboxylic acids is 2. The molecule has 0 bridgehead atoms. The monoisotopic (exact) mass is 438 g/mol. The van der Waals surface area contributed by atoms with Crippen molar-refractivity contribution >= 4 is 21.8 Å². The van der Waals surface area contributed by atoms with E-state index >= 15 is 0 Å². The molecule has 8 nitrogen and oxygen atoms in total. The van der Waals surface area contributed by atoms with E-state index in [1.807, 2.05) is 42.6 Å². The fraction of sp³-hybridized carbons (Fsp3) is 0.227.